The second-order valence-electron chi connectivity index (χ2n) is 14.7. The first-order valence-electron chi connectivity index (χ1n) is 19.7. The Morgan fingerprint density at radius 3 is 1.51 bits per heavy atom. The summed E-state index contributed by atoms with van der Waals surface area (Å²) >= 11 is 0. The Balaban J connectivity index is 1.00. The molecule has 0 fully saturated rings. The molecule has 11 rings (SSSR count). The maximum absolute atomic E-state index is 4.36. The normalized spacial score (nSPS) is 11.4. The molecule has 6 heteroatoms. The van der Waals surface area contributed by atoms with E-state index in [9.17, 15) is 0 Å². The van der Waals surface area contributed by atoms with Crippen LogP contribution in [0.15, 0.2) is 219 Å². The van der Waals surface area contributed by atoms with Crippen molar-refractivity contribution in [2.75, 3.05) is 4.90 Å². The summed E-state index contributed by atoms with van der Waals surface area (Å²) in [6.45, 7) is 0. The predicted molar refractivity (Wildman–Crippen MR) is 242 cm³/mol. The maximum atomic E-state index is 4.36. The van der Waals surface area contributed by atoms with E-state index < -0.39 is 0 Å². The lowest BCUT2D eigenvalue weighted by Crippen LogP contribution is -2.09. The van der Waals surface area contributed by atoms with Gasteiger partial charge in [0.2, 0.25) is 0 Å². The summed E-state index contributed by atoms with van der Waals surface area (Å²) in [4.78, 5) is 15.0. The quantitative estimate of drug-likeness (QED) is 0.155. The largest absolute Gasteiger partial charge is 0.316 e. The van der Waals surface area contributed by atoms with Crippen LogP contribution in [0.2, 0.25) is 0 Å². The minimum Gasteiger partial charge on any atom is -0.316 e. The molecule has 59 heavy (non-hydrogen) atoms. The first kappa shape index (κ1) is 34.2. The average Bonchev–Trinajstić information content (AvgIpc) is 3.88. The number of para-hydroxylation sites is 2. The lowest BCUT2D eigenvalue weighted by Gasteiger charge is -2.26. The van der Waals surface area contributed by atoms with Crippen molar-refractivity contribution in [1.29, 1.82) is 0 Å². The molecule has 0 amide bonds. The molecule has 0 aliphatic heterocycles. The lowest BCUT2D eigenvalue weighted by atomic mass is 10.0. The van der Waals surface area contributed by atoms with Gasteiger partial charge in [-0.15, -0.1) is 0 Å². The highest BCUT2D eigenvalue weighted by Gasteiger charge is 2.18. The van der Waals surface area contributed by atoms with E-state index in [0.717, 1.165) is 39.6 Å². The van der Waals surface area contributed by atoms with Crippen LogP contribution in [0.25, 0.3) is 77.7 Å². The highest BCUT2D eigenvalue weighted by molar-refractivity contribution is 6.14. The first-order chi connectivity index (χ1) is 29.2. The van der Waals surface area contributed by atoms with Gasteiger partial charge in [-0.25, -0.2) is 15.0 Å². The Morgan fingerprint density at radius 1 is 0.373 bits per heavy atom. The number of nitrogens with zero attached hydrogens (tertiary/aromatic N) is 6. The maximum Gasteiger partial charge on any atom is 0.162 e. The molecule has 0 saturated carbocycles. The van der Waals surface area contributed by atoms with Gasteiger partial charge in [0.15, 0.2) is 5.82 Å². The Bertz CT molecular complexity index is 3130. The Labute approximate surface area is 341 Å². The summed E-state index contributed by atoms with van der Waals surface area (Å²) in [5.74, 6) is 0.647. The Morgan fingerprint density at radius 2 is 0.881 bits per heavy atom. The fourth-order valence-electron chi connectivity index (χ4n) is 8.33. The van der Waals surface area contributed by atoms with Crippen LogP contribution in [0.1, 0.15) is 0 Å². The lowest BCUT2D eigenvalue weighted by molar-refractivity contribution is 1.06. The zero-order valence-electron chi connectivity index (χ0n) is 32.0. The number of fused-ring (bicyclic) bond motifs is 4. The molecular weight excluding hydrogens is 721 g/mol. The number of rotatable bonds is 8. The fourth-order valence-corrected chi connectivity index (χ4v) is 8.33. The molecule has 0 atom stereocenters. The van der Waals surface area contributed by atoms with E-state index in [-0.39, 0.29) is 0 Å². The highest BCUT2D eigenvalue weighted by atomic mass is 15.1. The molecule has 0 aliphatic carbocycles. The fraction of sp³-hybridized carbons (Fsp3) is 0. The van der Waals surface area contributed by atoms with E-state index in [1.165, 1.54) is 62.1 Å². The zero-order chi connectivity index (χ0) is 39.1. The van der Waals surface area contributed by atoms with E-state index in [1.54, 1.807) is 0 Å². The average molecular weight is 757 g/mol. The number of aromatic nitrogens is 5. The number of hydrogen-bond acceptors (Lipinski definition) is 4. The molecule has 0 spiro atoms. The van der Waals surface area contributed by atoms with Gasteiger partial charge in [0.1, 0.15) is 12.7 Å². The minimum atomic E-state index is 0.647. The number of benzene rings is 8. The van der Waals surface area contributed by atoms with Crippen molar-refractivity contribution >= 4 is 49.8 Å². The Hall–Kier alpha value is -8.09. The topological polar surface area (TPSA) is 51.8 Å². The number of hydrogen-bond donors (Lipinski definition) is 0. The van der Waals surface area contributed by atoms with Crippen LogP contribution >= 0.6 is 0 Å². The molecule has 3 heterocycles. The smallest absolute Gasteiger partial charge is 0.162 e. The van der Waals surface area contributed by atoms with Crippen molar-refractivity contribution in [2.45, 2.75) is 0 Å². The molecule has 278 valence electrons. The Kier molecular flexibility index (Phi) is 8.37. The highest BCUT2D eigenvalue weighted by Crippen LogP contribution is 2.40. The zero-order valence-corrected chi connectivity index (χ0v) is 32.0. The van der Waals surface area contributed by atoms with Gasteiger partial charge < -0.3 is 14.0 Å². The van der Waals surface area contributed by atoms with Crippen molar-refractivity contribution < 1.29 is 0 Å². The van der Waals surface area contributed by atoms with Crippen molar-refractivity contribution in [3.05, 3.63) is 219 Å². The van der Waals surface area contributed by atoms with Crippen molar-refractivity contribution in [2.24, 2.45) is 0 Å². The van der Waals surface area contributed by atoms with Gasteiger partial charge in [0.05, 0.1) is 16.6 Å². The summed E-state index contributed by atoms with van der Waals surface area (Å²) < 4.78 is 4.67. The van der Waals surface area contributed by atoms with Gasteiger partial charge in [-0.2, -0.15) is 0 Å². The second kappa shape index (κ2) is 14.4. The summed E-state index contributed by atoms with van der Waals surface area (Å²) in [7, 11) is 0. The van der Waals surface area contributed by atoms with Gasteiger partial charge in [0.25, 0.3) is 0 Å². The van der Waals surface area contributed by atoms with Crippen LogP contribution in [0.3, 0.4) is 0 Å². The predicted octanol–water partition coefficient (Wildman–Crippen LogP) is 13.4. The summed E-state index contributed by atoms with van der Waals surface area (Å²) in [5.41, 5.74) is 14.6. The van der Waals surface area contributed by atoms with Crippen molar-refractivity contribution in [1.82, 2.24) is 24.1 Å². The van der Waals surface area contributed by atoms with Gasteiger partial charge in [-0.05, 0) is 125 Å². The minimum absolute atomic E-state index is 0.647. The first-order valence-corrected chi connectivity index (χ1v) is 19.7. The molecule has 0 bridgehead atoms. The SMILES string of the molecule is c1ccc(-c2ccc(N(c3ccc(-c4ccc5c(c4)c4cc6ccn(-c7ccccc7)c6cc4n5-c4ccccc4)cc3)c3ccc(-c4ncncn4)cc3)cc2)cc1. The van der Waals surface area contributed by atoms with Crippen molar-refractivity contribution in [3.63, 3.8) is 0 Å². The van der Waals surface area contributed by atoms with E-state index in [4.69, 9.17) is 0 Å². The summed E-state index contributed by atoms with van der Waals surface area (Å²) in [5, 5.41) is 3.66. The van der Waals surface area contributed by atoms with E-state index >= 15 is 0 Å². The van der Waals surface area contributed by atoms with E-state index in [2.05, 4.69) is 229 Å². The van der Waals surface area contributed by atoms with Gasteiger partial charge in [-0.1, -0.05) is 97.1 Å². The van der Waals surface area contributed by atoms with Gasteiger partial charge >= 0.3 is 0 Å². The molecule has 3 aromatic heterocycles. The third kappa shape index (κ3) is 6.20. The molecule has 11 aromatic rings. The van der Waals surface area contributed by atoms with Gasteiger partial charge in [-0.3, -0.25) is 0 Å². The molecule has 8 aromatic carbocycles. The molecule has 0 unspecified atom stereocenters. The molecule has 0 aliphatic rings. The third-order valence-electron chi connectivity index (χ3n) is 11.2. The molecule has 0 radical (unpaired) electrons. The van der Waals surface area contributed by atoms with Crippen LogP contribution in [0.4, 0.5) is 17.1 Å². The van der Waals surface area contributed by atoms with Crippen molar-refractivity contribution in [3.8, 4) is 45.0 Å². The monoisotopic (exact) mass is 756 g/mol. The second-order valence-corrected chi connectivity index (χ2v) is 14.7. The molecular formula is C53H36N6. The number of anilines is 3. The van der Waals surface area contributed by atoms with Crippen LogP contribution in [-0.2, 0) is 0 Å². The summed E-state index contributed by atoms with van der Waals surface area (Å²) in [6, 6.07) is 71.6. The van der Waals surface area contributed by atoms with Crippen LogP contribution in [-0.4, -0.2) is 24.1 Å². The van der Waals surface area contributed by atoms with E-state index in [0.29, 0.717) is 5.82 Å². The van der Waals surface area contributed by atoms with Crippen LogP contribution in [0.5, 0.6) is 0 Å². The van der Waals surface area contributed by atoms with E-state index in [1.807, 2.05) is 6.07 Å². The molecule has 6 nitrogen and oxygen atoms in total. The third-order valence-corrected chi connectivity index (χ3v) is 11.2. The van der Waals surface area contributed by atoms with Gasteiger partial charge in [0, 0.05) is 56.4 Å². The van der Waals surface area contributed by atoms with Crippen LogP contribution < -0.4 is 4.90 Å². The molecule has 0 N–H and O–H groups in total. The van der Waals surface area contributed by atoms with Crippen LogP contribution in [0, 0.1) is 0 Å². The summed E-state index contributed by atoms with van der Waals surface area (Å²) in [6.07, 6.45) is 5.23. The standard InChI is InChI=1S/C53H36N6/c1-4-10-37(11-5-1)38-16-23-45(24-17-38)58(47-27-20-40(21-28-47)53-55-35-54-36-56-53)46-25-18-39(19-26-46)41-22-29-50-48(32-41)49-33-42-30-31-57(43-12-6-2-7-13-43)51(42)34-52(49)59(50)44-14-8-3-9-15-44/h1-36H. The molecule has 0 saturated heterocycles.